The number of pyridine rings is 1. The molecule has 0 aliphatic heterocycles. The molecule has 0 aliphatic rings. The monoisotopic (exact) mass is 401 g/mol. The summed E-state index contributed by atoms with van der Waals surface area (Å²) in [7, 11) is 0. The highest BCUT2D eigenvalue weighted by Gasteiger charge is 2.14. The Labute approximate surface area is 162 Å². The van der Waals surface area contributed by atoms with Gasteiger partial charge in [-0.05, 0) is 24.3 Å². The molecule has 1 N–H and O–H groups in total. The quantitative estimate of drug-likeness (QED) is 0.381. The average molecular weight is 402 g/mol. The molecule has 1 amide bonds. The van der Waals surface area contributed by atoms with Crippen molar-refractivity contribution in [3.05, 3.63) is 75.7 Å². The number of hydrogen-bond acceptors (Lipinski definition) is 7. The van der Waals surface area contributed by atoms with Crippen molar-refractivity contribution in [3.8, 4) is 5.82 Å². The molecule has 0 saturated heterocycles. The summed E-state index contributed by atoms with van der Waals surface area (Å²) in [6.07, 6.45) is 4.61. The first-order chi connectivity index (χ1) is 13.4. The summed E-state index contributed by atoms with van der Waals surface area (Å²) in [6.45, 7) is -0.562. The number of halogens is 1. The number of nitrogens with zero attached hydrogens (tertiary/aromatic N) is 4. The number of amides is 1. The van der Waals surface area contributed by atoms with Crippen molar-refractivity contribution >= 4 is 34.9 Å². The molecule has 0 spiro atoms. The lowest BCUT2D eigenvalue weighted by molar-refractivity contribution is -0.384. The number of hydrogen-bond donors (Lipinski definition) is 1. The number of rotatable bonds is 6. The van der Waals surface area contributed by atoms with E-state index < -0.39 is 23.4 Å². The van der Waals surface area contributed by atoms with E-state index >= 15 is 0 Å². The van der Waals surface area contributed by atoms with E-state index in [2.05, 4.69) is 15.4 Å². The van der Waals surface area contributed by atoms with Crippen LogP contribution in [-0.2, 0) is 9.53 Å². The van der Waals surface area contributed by atoms with Crippen molar-refractivity contribution < 1.29 is 19.2 Å². The Hall–Kier alpha value is -3.79. The number of nitro groups is 1. The minimum Gasteiger partial charge on any atom is -0.452 e. The topological polar surface area (TPSA) is 129 Å². The van der Waals surface area contributed by atoms with Crippen molar-refractivity contribution in [2.45, 2.75) is 0 Å². The van der Waals surface area contributed by atoms with Crippen LogP contribution >= 0.6 is 11.6 Å². The smallest absolute Gasteiger partial charge is 0.340 e. The molecule has 0 radical (unpaired) electrons. The summed E-state index contributed by atoms with van der Waals surface area (Å²) in [4.78, 5) is 38.1. The van der Waals surface area contributed by atoms with Gasteiger partial charge in [0.05, 0.1) is 21.2 Å². The Morgan fingerprint density at radius 3 is 2.71 bits per heavy atom. The van der Waals surface area contributed by atoms with Crippen molar-refractivity contribution in [2.75, 3.05) is 11.9 Å². The van der Waals surface area contributed by atoms with Gasteiger partial charge in [0.15, 0.2) is 12.4 Å². The van der Waals surface area contributed by atoms with Gasteiger partial charge in [0, 0.05) is 30.7 Å². The maximum absolute atomic E-state index is 12.0. The van der Waals surface area contributed by atoms with E-state index in [-0.39, 0.29) is 22.0 Å². The van der Waals surface area contributed by atoms with Crippen LogP contribution < -0.4 is 5.32 Å². The second-order valence-electron chi connectivity index (χ2n) is 5.40. The lowest BCUT2D eigenvalue weighted by Gasteiger charge is -2.08. The van der Waals surface area contributed by atoms with Gasteiger partial charge in [-0.15, -0.1) is 0 Å². The van der Waals surface area contributed by atoms with Crippen LogP contribution in [0.25, 0.3) is 5.82 Å². The van der Waals surface area contributed by atoms with Crippen LogP contribution in [0.2, 0.25) is 5.02 Å². The molecule has 0 atom stereocenters. The summed E-state index contributed by atoms with van der Waals surface area (Å²) in [6, 6.07) is 8.41. The number of nitro benzene ring substituents is 1. The number of anilines is 1. The van der Waals surface area contributed by atoms with Gasteiger partial charge in [-0.2, -0.15) is 5.10 Å². The summed E-state index contributed by atoms with van der Waals surface area (Å²) < 4.78 is 6.45. The van der Waals surface area contributed by atoms with Gasteiger partial charge < -0.3 is 10.1 Å². The van der Waals surface area contributed by atoms with Crippen molar-refractivity contribution in [1.82, 2.24) is 14.8 Å². The highest BCUT2D eigenvalue weighted by molar-refractivity contribution is 6.34. The van der Waals surface area contributed by atoms with Gasteiger partial charge in [0.25, 0.3) is 11.6 Å². The van der Waals surface area contributed by atoms with Crippen molar-refractivity contribution in [2.24, 2.45) is 0 Å². The first-order valence-corrected chi connectivity index (χ1v) is 8.19. The van der Waals surface area contributed by atoms with Gasteiger partial charge >= 0.3 is 5.97 Å². The number of aromatic nitrogens is 3. The SMILES string of the molecule is O=C(COC(=O)c1ccc(-n2cccn2)nc1)Nc1ccc([N+](=O)[O-])cc1Cl. The van der Waals surface area contributed by atoms with Gasteiger partial charge in [-0.1, -0.05) is 11.6 Å². The standard InChI is InChI=1S/C17H12ClN5O5/c18-13-8-12(23(26)27)3-4-14(13)21-16(24)10-28-17(25)11-2-5-15(19-9-11)22-7-1-6-20-22/h1-9H,10H2,(H,21,24). The molecule has 11 heteroatoms. The number of carbonyl (C=O) groups is 2. The highest BCUT2D eigenvalue weighted by Crippen LogP contribution is 2.26. The number of carbonyl (C=O) groups excluding carboxylic acids is 2. The zero-order chi connectivity index (χ0) is 20.1. The Morgan fingerprint density at radius 1 is 1.29 bits per heavy atom. The van der Waals surface area contributed by atoms with Crippen LogP contribution in [0.5, 0.6) is 0 Å². The van der Waals surface area contributed by atoms with Gasteiger partial charge in [-0.25, -0.2) is 14.5 Å². The Balaban J connectivity index is 1.55. The number of esters is 1. The average Bonchev–Trinajstić information content (AvgIpc) is 3.22. The first kappa shape index (κ1) is 19.0. The molecule has 142 valence electrons. The van der Waals surface area contributed by atoms with E-state index in [4.69, 9.17) is 16.3 Å². The molecule has 1 aromatic carbocycles. The van der Waals surface area contributed by atoms with E-state index in [0.29, 0.717) is 5.82 Å². The summed E-state index contributed by atoms with van der Waals surface area (Å²) in [5.74, 6) is -0.859. The summed E-state index contributed by atoms with van der Waals surface area (Å²) in [5.41, 5.74) is 0.121. The molecule has 0 aliphatic carbocycles. The summed E-state index contributed by atoms with van der Waals surface area (Å²) >= 11 is 5.89. The van der Waals surface area contributed by atoms with Crippen molar-refractivity contribution in [3.63, 3.8) is 0 Å². The lowest BCUT2D eigenvalue weighted by atomic mass is 10.3. The van der Waals surface area contributed by atoms with Crippen molar-refractivity contribution in [1.29, 1.82) is 0 Å². The third kappa shape index (κ3) is 4.48. The van der Waals surface area contributed by atoms with E-state index in [1.54, 1.807) is 24.5 Å². The molecule has 3 aromatic rings. The number of benzene rings is 1. The second kappa shape index (κ2) is 8.27. The molecule has 0 fully saturated rings. The van der Waals surface area contributed by atoms with Gasteiger partial charge in [-0.3, -0.25) is 14.9 Å². The Morgan fingerprint density at radius 2 is 2.11 bits per heavy atom. The zero-order valence-corrected chi connectivity index (χ0v) is 14.9. The molecule has 28 heavy (non-hydrogen) atoms. The van der Waals surface area contributed by atoms with E-state index in [0.717, 1.165) is 6.07 Å². The predicted octanol–water partition coefficient (Wildman–Crippen LogP) is 2.62. The van der Waals surface area contributed by atoms with Crippen LogP contribution in [0.15, 0.2) is 55.0 Å². The third-order valence-corrected chi connectivity index (χ3v) is 3.81. The zero-order valence-electron chi connectivity index (χ0n) is 14.1. The maximum atomic E-state index is 12.0. The fourth-order valence-electron chi connectivity index (χ4n) is 2.17. The molecular formula is C17H12ClN5O5. The molecule has 3 rings (SSSR count). The molecule has 2 aromatic heterocycles. The Kier molecular flexibility index (Phi) is 5.61. The fourth-order valence-corrected chi connectivity index (χ4v) is 2.39. The largest absolute Gasteiger partial charge is 0.452 e. The summed E-state index contributed by atoms with van der Waals surface area (Å²) in [5, 5.41) is 17.1. The molecule has 0 unspecified atom stereocenters. The van der Waals surface area contributed by atoms with Gasteiger partial charge in [0.1, 0.15) is 0 Å². The van der Waals surface area contributed by atoms with E-state index in [9.17, 15) is 19.7 Å². The van der Waals surface area contributed by atoms with Crippen LogP contribution in [0.1, 0.15) is 10.4 Å². The third-order valence-electron chi connectivity index (χ3n) is 3.49. The van der Waals surface area contributed by atoms with Crippen LogP contribution in [0.3, 0.4) is 0 Å². The van der Waals surface area contributed by atoms with Crippen LogP contribution in [-0.4, -0.2) is 38.2 Å². The van der Waals surface area contributed by atoms with Crippen LogP contribution in [0, 0.1) is 10.1 Å². The maximum Gasteiger partial charge on any atom is 0.340 e. The number of ether oxygens (including phenoxy) is 1. The minimum atomic E-state index is -0.732. The van der Waals surface area contributed by atoms with Gasteiger partial charge in [0.2, 0.25) is 0 Å². The van der Waals surface area contributed by atoms with E-state index in [1.165, 1.54) is 29.1 Å². The van der Waals surface area contributed by atoms with Crippen LogP contribution in [0.4, 0.5) is 11.4 Å². The molecule has 0 bridgehead atoms. The lowest BCUT2D eigenvalue weighted by Crippen LogP contribution is -2.21. The predicted molar refractivity (Wildman–Crippen MR) is 98.4 cm³/mol. The number of non-ortho nitro benzene ring substituents is 1. The first-order valence-electron chi connectivity index (χ1n) is 7.81. The normalized spacial score (nSPS) is 10.3. The fraction of sp³-hybridized carbons (Fsp3) is 0.0588. The second-order valence-corrected chi connectivity index (χ2v) is 5.81. The number of nitrogens with one attached hydrogen (secondary N) is 1. The minimum absolute atomic E-state index is 0.00714. The molecule has 0 saturated carbocycles. The van der Waals surface area contributed by atoms with E-state index in [1.807, 2.05) is 0 Å². The molecule has 10 nitrogen and oxygen atoms in total. The Bertz CT molecular complexity index is 1020. The molecular weight excluding hydrogens is 390 g/mol. The highest BCUT2D eigenvalue weighted by atomic mass is 35.5. The molecule has 2 heterocycles.